The van der Waals surface area contributed by atoms with E-state index in [0.29, 0.717) is 17.3 Å². The predicted molar refractivity (Wildman–Crippen MR) is 101 cm³/mol. The molecule has 0 aliphatic carbocycles. The number of anilines is 2. The Labute approximate surface area is 152 Å². The van der Waals surface area contributed by atoms with Crippen LogP contribution in [0.25, 0.3) is 0 Å². The molecule has 2 amide bonds. The van der Waals surface area contributed by atoms with Crippen molar-refractivity contribution in [1.82, 2.24) is 0 Å². The van der Waals surface area contributed by atoms with Gasteiger partial charge < -0.3 is 10.2 Å². The van der Waals surface area contributed by atoms with Gasteiger partial charge in [0.1, 0.15) is 0 Å². The first-order valence-electron chi connectivity index (χ1n) is 8.30. The highest BCUT2D eigenvalue weighted by atomic mass is 35.5. The first kappa shape index (κ1) is 17.5. The molecule has 0 bridgehead atoms. The SMILES string of the molecule is Cc1ccc(N2CC(C(=O)Nc3ccc(C)c(Cl)c3)CC2=O)c(C)c1. The van der Waals surface area contributed by atoms with Crippen molar-refractivity contribution in [3.8, 4) is 0 Å². The second kappa shape index (κ2) is 6.89. The summed E-state index contributed by atoms with van der Waals surface area (Å²) in [5, 5.41) is 3.47. The van der Waals surface area contributed by atoms with Crippen molar-refractivity contribution in [3.05, 3.63) is 58.1 Å². The molecule has 0 spiro atoms. The molecule has 1 saturated heterocycles. The molecular weight excluding hydrogens is 336 g/mol. The molecule has 0 saturated carbocycles. The number of rotatable bonds is 3. The molecule has 1 unspecified atom stereocenters. The minimum Gasteiger partial charge on any atom is -0.326 e. The van der Waals surface area contributed by atoms with Gasteiger partial charge in [0.15, 0.2) is 0 Å². The third kappa shape index (κ3) is 3.69. The highest BCUT2D eigenvalue weighted by molar-refractivity contribution is 6.31. The maximum absolute atomic E-state index is 12.5. The topological polar surface area (TPSA) is 49.4 Å². The Hall–Kier alpha value is -2.33. The van der Waals surface area contributed by atoms with E-state index in [9.17, 15) is 9.59 Å². The van der Waals surface area contributed by atoms with Crippen LogP contribution in [0, 0.1) is 26.7 Å². The Morgan fingerprint density at radius 2 is 1.88 bits per heavy atom. The molecule has 5 heteroatoms. The van der Waals surface area contributed by atoms with E-state index in [1.807, 2.05) is 51.1 Å². The quantitative estimate of drug-likeness (QED) is 0.893. The average molecular weight is 357 g/mol. The minimum atomic E-state index is -0.367. The van der Waals surface area contributed by atoms with Crippen molar-refractivity contribution in [2.75, 3.05) is 16.8 Å². The molecule has 130 valence electrons. The summed E-state index contributed by atoms with van der Waals surface area (Å²) in [6.07, 6.45) is 0.221. The molecule has 0 radical (unpaired) electrons. The van der Waals surface area contributed by atoms with Crippen molar-refractivity contribution in [2.24, 2.45) is 5.92 Å². The molecule has 2 aromatic rings. The molecule has 1 aliphatic heterocycles. The van der Waals surface area contributed by atoms with Crippen LogP contribution in [0.15, 0.2) is 36.4 Å². The van der Waals surface area contributed by atoms with E-state index in [1.54, 1.807) is 11.0 Å². The number of nitrogens with one attached hydrogen (secondary N) is 1. The second-order valence-corrected chi connectivity index (χ2v) is 7.06. The lowest BCUT2D eigenvalue weighted by molar-refractivity contribution is -0.122. The average Bonchev–Trinajstić information content (AvgIpc) is 2.93. The number of amides is 2. The van der Waals surface area contributed by atoms with E-state index in [4.69, 9.17) is 11.6 Å². The van der Waals surface area contributed by atoms with Gasteiger partial charge in [-0.25, -0.2) is 0 Å². The number of benzene rings is 2. The van der Waals surface area contributed by atoms with Crippen LogP contribution in [-0.4, -0.2) is 18.4 Å². The van der Waals surface area contributed by atoms with Crippen LogP contribution in [0.4, 0.5) is 11.4 Å². The molecule has 3 rings (SSSR count). The van der Waals surface area contributed by atoms with Gasteiger partial charge in [-0.05, 0) is 50.1 Å². The van der Waals surface area contributed by atoms with E-state index < -0.39 is 0 Å². The molecule has 4 nitrogen and oxygen atoms in total. The molecule has 2 aromatic carbocycles. The van der Waals surface area contributed by atoms with Gasteiger partial charge in [-0.1, -0.05) is 35.4 Å². The summed E-state index contributed by atoms with van der Waals surface area (Å²) in [6.45, 7) is 6.31. The largest absolute Gasteiger partial charge is 0.326 e. The lowest BCUT2D eigenvalue weighted by Crippen LogP contribution is -2.28. The highest BCUT2D eigenvalue weighted by Gasteiger charge is 2.35. The molecule has 1 N–H and O–H groups in total. The van der Waals surface area contributed by atoms with E-state index in [0.717, 1.165) is 22.4 Å². The Bertz CT molecular complexity index is 848. The number of carbonyl (C=O) groups is 2. The standard InChI is InChI=1S/C20H21ClN2O2/c1-12-4-7-18(14(3)8-12)23-11-15(9-19(23)24)20(25)22-16-6-5-13(2)17(21)10-16/h4-8,10,15H,9,11H2,1-3H3,(H,22,25). The van der Waals surface area contributed by atoms with E-state index in [1.165, 1.54) is 0 Å². The van der Waals surface area contributed by atoms with Crippen LogP contribution in [0.3, 0.4) is 0 Å². The van der Waals surface area contributed by atoms with E-state index in [2.05, 4.69) is 5.32 Å². The van der Waals surface area contributed by atoms with E-state index in [-0.39, 0.29) is 24.2 Å². The number of carbonyl (C=O) groups excluding carboxylic acids is 2. The third-order valence-electron chi connectivity index (χ3n) is 4.58. The van der Waals surface area contributed by atoms with Gasteiger partial charge in [0.25, 0.3) is 0 Å². The summed E-state index contributed by atoms with van der Waals surface area (Å²) in [5.41, 5.74) is 4.68. The molecule has 25 heavy (non-hydrogen) atoms. The van der Waals surface area contributed by atoms with Gasteiger partial charge in [0, 0.05) is 29.4 Å². The van der Waals surface area contributed by atoms with Crippen molar-refractivity contribution >= 4 is 34.8 Å². The predicted octanol–water partition coefficient (Wildman–Crippen LogP) is 4.26. The molecular formula is C20H21ClN2O2. The third-order valence-corrected chi connectivity index (χ3v) is 4.99. The van der Waals surface area contributed by atoms with Gasteiger partial charge in [0.05, 0.1) is 5.92 Å². The maximum Gasteiger partial charge on any atom is 0.229 e. The van der Waals surface area contributed by atoms with Crippen LogP contribution in [-0.2, 0) is 9.59 Å². The Morgan fingerprint density at radius 1 is 1.12 bits per heavy atom. The lowest BCUT2D eigenvalue weighted by Gasteiger charge is -2.19. The van der Waals surface area contributed by atoms with Gasteiger partial charge in [-0.2, -0.15) is 0 Å². The van der Waals surface area contributed by atoms with Crippen molar-refractivity contribution in [3.63, 3.8) is 0 Å². The van der Waals surface area contributed by atoms with E-state index >= 15 is 0 Å². The number of aryl methyl sites for hydroxylation is 3. The maximum atomic E-state index is 12.5. The second-order valence-electron chi connectivity index (χ2n) is 6.65. The first-order chi connectivity index (χ1) is 11.8. The Kier molecular flexibility index (Phi) is 4.82. The van der Waals surface area contributed by atoms with Gasteiger partial charge in [0.2, 0.25) is 11.8 Å². The Morgan fingerprint density at radius 3 is 2.56 bits per heavy atom. The smallest absolute Gasteiger partial charge is 0.229 e. The fourth-order valence-corrected chi connectivity index (χ4v) is 3.32. The number of nitrogens with zero attached hydrogens (tertiary/aromatic N) is 1. The first-order valence-corrected chi connectivity index (χ1v) is 8.67. The Balaban J connectivity index is 1.73. The fraction of sp³-hybridized carbons (Fsp3) is 0.300. The summed E-state index contributed by atoms with van der Waals surface area (Å²) in [7, 11) is 0. The zero-order valence-electron chi connectivity index (χ0n) is 14.6. The monoisotopic (exact) mass is 356 g/mol. The van der Waals surface area contributed by atoms with Crippen LogP contribution < -0.4 is 10.2 Å². The van der Waals surface area contributed by atoms with Gasteiger partial charge in [-0.3, -0.25) is 9.59 Å². The molecule has 1 atom stereocenters. The number of hydrogen-bond donors (Lipinski definition) is 1. The summed E-state index contributed by atoms with van der Waals surface area (Å²) in [4.78, 5) is 26.7. The minimum absolute atomic E-state index is 0.0194. The van der Waals surface area contributed by atoms with Crippen LogP contribution >= 0.6 is 11.6 Å². The van der Waals surface area contributed by atoms with Crippen LogP contribution in [0.1, 0.15) is 23.1 Å². The van der Waals surface area contributed by atoms with Crippen molar-refractivity contribution < 1.29 is 9.59 Å². The summed E-state index contributed by atoms with van der Waals surface area (Å²) < 4.78 is 0. The highest BCUT2D eigenvalue weighted by Crippen LogP contribution is 2.29. The van der Waals surface area contributed by atoms with Gasteiger partial charge >= 0.3 is 0 Å². The zero-order chi connectivity index (χ0) is 18.1. The molecule has 0 aromatic heterocycles. The fourth-order valence-electron chi connectivity index (χ4n) is 3.14. The number of halogens is 1. The van der Waals surface area contributed by atoms with Crippen molar-refractivity contribution in [2.45, 2.75) is 27.2 Å². The van der Waals surface area contributed by atoms with Crippen LogP contribution in [0.2, 0.25) is 5.02 Å². The number of hydrogen-bond acceptors (Lipinski definition) is 2. The summed E-state index contributed by atoms with van der Waals surface area (Å²) in [5.74, 6) is -0.539. The molecule has 1 heterocycles. The zero-order valence-corrected chi connectivity index (χ0v) is 15.4. The van der Waals surface area contributed by atoms with Crippen LogP contribution in [0.5, 0.6) is 0 Å². The summed E-state index contributed by atoms with van der Waals surface area (Å²) in [6, 6.07) is 11.4. The normalized spacial score (nSPS) is 17.0. The lowest BCUT2D eigenvalue weighted by atomic mass is 10.1. The van der Waals surface area contributed by atoms with Crippen molar-refractivity contribution in [1.29, 1.82) is 0 Å². The molecule has 1 fully saturated rings. The van der Waals surface area contributed by atoms with Gasteiger partial charge in [-0.15, -0.1) is 0 Å². The molecule has 1 aliphatic rings. The summed E-state index contributed by atoms with van der Waals surface area (Å²) >= 11 is 6.10.